The van der Waals surface area contributed by atoms with Crippen molar-refractivity contribution >= 4 is 5.91 Å². The summed E-state index contributed by atoms with van der Waals surface area (Å²) in [6.07, 6.45) is -1.08. The fraction of sp³-hybridized carbons (Fsp3) is 0.429. The molecule has 130 valence electrons. The van der Waals surface area contributed by atoms with Crippen LogP contribution < -0.4 is 5.56 Å². The summed E-state index contributed by atoms with van der Waals surface area (Å²) in [6.45, 7) is 3.59. The van der Waals surface area contributed by atoms with Crippen molar-refractivity contribution in [3.05, 3.63) is 34.6 Å². The van der Waals surface area contributed by atoms with E-state index in [0.29, 0.717) is 0 Å². The minimum absolute atomic E-state index is 0.225. The Bertz CT molecular complexity index is 728. The van der Waals surface area contributed by atoms with Gasteiger partial charge in [-0.1, -0.05) is 5.16 Å². The highest BCUT2D eigenvalue weighted by atomic mass is 19.4. The van der Waals surface area contributed by atoms with E-state index >= 15 is 0 Å². The minimum atomic E-state index is -4.67. The van der Waals surface area contributed by atoms with Crippen molar-refractivity contribution in [3.63, 3.8) is 0 Å². The third-order valence-electron chi connectivity index (χ3n) is 3.26. The molecule has 7 nitrogen and oxygen atoms in total. The van der Waals surface area contributed by atoms with Crippen molar-refractivity contribution in [2.45, 2.75) is 25.9 Å². The largest absolute Gasteiger partial charge is 0.471 e. The number of aromatic amines is 1. The van der Waals surface area contributed by atoms with Gasteiger partial charge in [-0.3, -0.25) is 9.59 Å². The number of pyridine rings is 1. The summed E-state index contributed by atoms with van der Waals surface area (Å²) in [6, 6.07) is 2.45. The molecule has 1 amide bonds. The Hall–Kier alpha value is -2.65. The quantitative estimate of drug-likeness (QED) is 0.855. The number of amides is 1. The molecule has 0 bridgehead atoms. The molecule has 3 heterocycles. The number of rotatable bonds is 1. The second-order valence-electron chi connectivity index (χ2n) is 5.08. The van der Waals surface area contributed by atoms with Crippen molar-refractivity contribution in [2.75, 3.05) is 13.1 Å². The Labute approximate surface area is 134 Å². The fourth-order valence-electron chi connectivity index (χ4n) is 2.04. The lowest BCUT2D eigenvalue weighted by molar-refractivity contribution is -0.159. The predicted octanol–water partition coefficient (Wildman–Crippen LogP) is 2.07. The number of hydrogen-bond acceptors (Lipinski definition) is 5. The van der Waals surface area contributed by atoms with Gasteiger partial charge in [-0.15, -0.1) is 0 Å². The minimum Gasteiger partial charge on any atom is -0.343 e. The van der Waals surface area contributed by atoms with E-state index in [1.165, 1.54) is 25.1 Å². The number of aromatic nitrogens is 3. The van der Waals surface area contributed by atoms with Gasteiger partial charge < -0.3 is 14.4 Å². The molecule has 0 aromatic carbocycles. The number of H-pyrrole nitrogens is 1. The van der Waals surface area contributed by atoms with Crippen LogP contribution in [0.15, 0.2) is 27.6 Å². The molecular weight excluding hydrogens is 329 g/mol. The van der Waals surface area contributed by atoms with Gasteiger partial charge in [0.15, 0.2) is 0 Å². The summed E-state index contributed by atoms with van der Waals surface area (Å²) in [5, 5.41) is 3.15. The smallest absolute Gasteiger partial charge is 0.343 e. The Kier molecular flexibility index (Phi) is 5.37. The van der Waals surface area contributed by atoms with Crippen LogP contribution in [0.5, 0.6) is 0 Å². The van der Waals surface area contributed by atoms with Gasteiger partial charge in [-0.2, -0.15) is 18.2 Å². The molecule has 1 aliphatic heterocycles. The lowest BCUT2D eigenvalue weighted by atomic mass is 10.3. The predicted molar refractivity (Wildman–Crippen MR) is 76.8 cm³/mol. The number of likely N-dealkylation sites (tertiary alicyclic amines) is 1. The number of alkyl halides is 3. The van der Waals surface area contributed by atoms with Crippen LogP contribution >= 0.6 is 0 Å². The fourth-order valence-corrected chi connectivity index (χ4v) is 2.04. The van der Waals surface area contributed by atoms with Crippen molar-refractivity contribution in [1.82, 2.24) is 20.0 Å². The van der Waals surface area contributed by atoms with Gasteiger partial charge in [0.2, 0.25) is 17.3 Å². The average molecular weight is 344 g/mol. The van der Waals surface area contributed by atoms with Crippen LogP contribution in [0.2, 0.25) is 0 Å². The molecule has 1 aliphatic rings. The van der Waals surface area contributed by atoms with E-state index in [2.05, 4.69) is 19.6 Å². The van der Waals surface area contributed by atoms with Crippen LogP contribution in [0.3, 0.4) is 0 Å². The second-order valence-corrected chi connectivity index (χ2v) is 5.08. The first-order chi connectivity index (χ1) is 11.3. The number of halogens is 3. The number of hydrogen-bond donors (Lipinski definition) is 1. The summed E-state index contributed by atoms with van der Waals surface area (Å²) in [7, 11) is 0. The third kappa shape index (κ3) is 4.67. The normalized spacial score (nSPS) is 14.2. The van der Waals surface area contributed by atoms with Crippen molar-refractivity contribution < 1.29 is 22.5 Å². The molecule has 1 saturated heterocycles. The van der Waals surface area contributed by atoms with E-state index in [9.17, 15) is 22.8 Å². The zero-order valence-electron chi connectivity index (χ0n) is 12.8. The van der Waals surface area contributed by atoms with Gasteiger partial charge in [0.05, 0.1) is 0 Å². The molecule has 3 rings (SSSR count). The SMILES string of the molecule is CC(=O)N1CCCC1.O=c1ccc(-c2noc(C(F)(F)F)n2)c[nH]1. The molecule has 0 spiro atoms. The second kappa shape index (κ2) is 7.28. The highest BCUT2D eigenvalue weighted by Crippen LogP contribution is 2.28. The Morgan fingerprint density at radius 2 is 1.96 bits per heavy atom. The maximum absolute atomic E-state index is 12.1. The van der Waals surface area contributed by atoms with E-state index in [0.717, 1.165) is 19.2 Å². The zero-order chi connectivity index (χ0) is 17.7. The summed E-state index contributed by atoms with van der Waals surface area (Å²) in [5.74, 6) is -1.43. The number of carbonyl (C=O) groups is 1. The maximum Gasteiger partial charge on any atom is 0.471 e. The number of nitrogens with zero attached hydrogens (tertiary/aromatic N) is 3. The Morgan fingerprint density at radius 3 is 2.38 bits per heavy atom. The Balaban J connectivity index is 0.000000219. The van der Waals surface area contributed by atoms with Gasteiger partial charge in [-0.25, -0.2) is 0 Å². The first-order valence-electron chi connectivity index (χ1n) is 7.13. The van der Waals surface area contributed by atoms with Gasteiger partial charge in [-0.05, 0) is 18.9 Å². The molecule has 2 aromatic heterocycles. The van der Waals surface area contributed by atoms with Gasteiger partial charge in [0.25, 0.3) is 0 Å². The monoisotopic (exact) mass is 344 g/mol. The Morgan fingerprint density at radius 1 is 1.29 bits per heavy atom. The van der Waals surface area contributed by atoms with Crippen LogP contribution in [0, 0.1) is 0 Å². The molecular formula is C14H15F3N4O3. The van der Waals surface area contributed by atoms with Crippen molar-refractivity contribution in [1.29, 1.82) is 0 Å². The first kappa shape index (κ1) is 17.7. The topological polar surface area (TPSA) is 92.1 Å². The van der Waals surface area contributed by atoms with Gasteiger partial charge >= 0.3 is 12.1 Å². The standard InChI is InChI=1S/C8H4F3N3O2.C6H11NO/c9-8(10,11)7-13-6(14-16-7)4-1-2-5(15)12-3-4;1-6(8)7-4-2-3-5-7/h1-3H,(H,12,15);2-5H2,1H3. The highest BCUT2D eigenvalue weighted by molar-refractivity contribution is 5.73. The van der Waals surface area contributed by atoms with Crippen LogP contribution in [0.25, 0.3) is 11.4 Å². The molecule has 2 aromatic rings. The molecule has 1 fully saturated rings. The van der Waals surface area contributed by atoms with Crippen LogP contribution in [-0.4, -0.2) is 39.0 Å². The molecule has 24 heavy (non-hydrogen) atoms. The molecule has 1 N–H and O–H groups in total. The van der Waals surface area contributed by atoms with E-state index in [4.69, 9.17) is 0 Å². The number of carbonyl (C=O) groups excluding carboxylic acids is 1. The molecule has 0 aliphatic carbocycles. The van der Waals surface area contributed by atoms with Gasteiger partial charge in [0.1, 0.15) is 0 Å². The summed E-state index contributed by atoms with van der Waals surface area (Å²) < 4.78 is 40.4. The highest BCUT2D eigenvalue weighted by Gasteiger charge is 2.38. The summed E-state index contributed by atoms with van der Waals surface area (Å²) in [5.41, 5.74) is -0.137. The zero-order valence-corrected chi connectivity index (χ0v) is 12.8. The van der Waals surface area contributed by atoms with Crippen LogP contribution in [-0.2, 0) is 11.0 Å². The molecule has 0 unspecified atom stereocenters. The summed E-state index contributed by atoms with van der Waals surface area (Å²) in [4.78, 5) is 28.6. The maximum atomic E-state index is 12.1. The van der Waals surface area contributed by atoms with Crippen LogP contribution in [0.4, 0.5) is 13.2 Å². The third-order valence-corrected chi connectivity index (χ3v) is 3.26. The van der Waals surface area contributed by atoms with Crippen molar-refractivity contribution in [3.8, 4) is 11.4 Å². The van der Waals surface area contributed by atoms with Gasteiger partial charge in [0, 0.05) is 37.8 Å². The first-order valence-corrected chi connectivity index (χ1v) is 7.13. The molecule has 10 heteroatoms. The van der Waals surface area contributed by atoms with E-state index in [1.807, 2.05) is 4.90 Å². The van der Waals surface area contributed by atoms with E-state index in [-0.39, 0.29) is 22.9 Å². The van der Waals surface area contributed by atoms with Crippen molar-refractivity contribution in [2.24, 2.45) is 0 Å². The lowest BCUT2D eigenvalue weighted by Crippen LogP contribution is -2.24. The van der Waals surface area contributed by atoms with E-state index in [1.54, 1.807) is 6.92 Å². The average Bonchev–Trinajstić information content (AvgIpc) is 3.20. The summed E-state index contributed by atoms with van der Waals surface area (Å²) >= 11 is 0. The van der Waals surface area contributed by atoms with E-state index < -0.39 is 12.1 Å². The van der Waals surface area contributed by atoms with Crippen LogP contribution in [0.1, 0.15) is 25.7 Å². The molecule has 0 radical (unpaired) electrons. The lowest BCUT2D eigenvalue weighted by Gasteiger charge is -2.10. The molecule has 0 saturated carbocycles. The number of nitrogens with one attached hydrogen (secondary N) is 1. The molecule has 0 atom stereocenters.